The highest BCUT2D eigenvalue weighted by molar-refractivity contribution is 5.81. The minimum absolute atomic E-state index is 0.0624. The highest BCUT2D eigenvalue weighted by atomic mass is 16.5. The molecule has 1 amide bonds. The van der Waals surface area contributed by atoms with Gasteiger partial charge in [-0.15, -0.1) is 0 Å². The topological polar surface area (TPSA) is 51.7 Å². The standard InChI is InChI=1S/C24H26N2O3/c1-19(29-23-13-8-12-22(17-23)28-2)24(27)26(18-20-9-4-3-5-10-20)16-14-21-11-6-7-15-25-21/h3-13,15,17,19H,14,16,18H2,1-2H3. The van der Waals surface area contributed by atoms with Crippen LogP contribution in [-0.2, 0) is 17.8 Å². The number of benzene rings is 2. The lowest BCUT2D eigenvalue weighted by molar-refractivity contribution is -0.138. The fourth-order valence-corrected chi connectivity index (χ4v) is 3.05. The molecule has 3 rings (SSSR count). The van der Waals surface area contributed by atoms with Gasteiger partial charge in [0.05, 0.1) is 7.11 Å². The number of ether oxygens (including phenoxy) is 2. The zero-order valence-electron chi connectivity index (χ0n) is 16.8. The monoisotopic (exact) mass is 390 g/mol. The van der Waals surface area contributed by atoms with Gasteiger partial charge in [-0.1, -0.05) is 42.5 Å². The van der Waals surface area contributed by atoms with Crippen LogP contribution in [0.5, 0.6) is 11.5 Å². The number of methoxy groups -OCH3 is 1. The van der Waals surface area contributed by atoms with Gasteiger partial charge in [0, 0.05) is 37.5 Å². The van der Waals surface area contributed by atoms with Gasteiger partial charge in [-0.25, -0.2) is 0 Å². The summed E-state index contributed by atoms with van der Waals surface area (Å²) in [6.07, 6.45) is 1.84. The Morgan fingerprint density at radius 3 is 2.48 bits per heavy atom. The van der Waals surface area contributed by atoms with Crippen molar-refractivity contribution in [1.82, 2.24) is 9.88 Å². The summed E-state index contributed by atoms with van der Waals surface area (Å²) in [5.74, 6) is 1.24. The van der Waals surface area contributed by atoms with Crippen molar-refractivity contribution >= 4 is 5.91 Å². The zero-order chi connectivity index (χ0) is 20.5. The van der Waals surface area contributed by atoms with Crippen LogP contribution in [0, 0.1) is 0 Å². The molecule has 1 atom stereocenters. The van der Waals surface area contributed by atoms with E-state index in [0.717, 1.165) is 11.3 Å². The highest BCUT2D eigenvalue weighted by Crippen LogP contribution is 2.20. The molecule has 5 nitrogen and oxygen atoms in total. The van der Waals surface area contributed by atoms with Crippen LogP contribution in [0.3, 0.4) is 0 Å². The Hall–Kier alpha value is -3.34. The fraction of sp³-hybridized carbons (Fsp3) is 0.250. The molecule has 3 aromatic rings. The number of hydrogen-bond acceptors (Lipinski definition) is 4. The van der Waals surface area contributed by atoms with Gasteiger partial charge in [0.15, 0.2) is 6.10 Å². The van der Waals surface area contributed by atoms with E-state index in [4.69, 9.17) is 9.47 Å². The molecule has 0 radical (unpaired) electrons. The van der Waals surface area contributed by atoms with Crippen molar-refractivity contribution in [1.29, 1.82) is 0 Å². The summed E-state index contributed by atoms with van der Waals surface area (Å²) in [6.45, 7) is 2.87. The average Bonchev–Trinajstić information content (AvgIpc) is 2.77. The van der Waals surface area contributed by atoms with Gasteiger partial charge in [-0.05, 0) is 36.8 Å². The normalized spacial score (nSPS) is 11.5. The Kier molecular flexibility index (Phi) is 7.22. The molecule has 0 aliphatic heterocycles. The fourth-order valence-electron chi connectivity index (χ4n) is 3.05. The SMILES string of the molecule is COc1cccc(OC(C)C(=O)N(CCc2ccccn2)Cc2ccccc2)c1. The van der Waals surface area contributed by atoms with Crippen LogP contribution in [0.1, 0.15) is 18.2 Å². The maximum absolute atomic E-state index is 13.2. The zero-order valence-corrected chi connectivity index (χ0v) is 16.8. The second kappa shape index (κ2) is 10.3. The quantitative estimate of drug-likeness (QED) is 0.551. The lowest BCUT2D eigenvalue weighted by Gasteiger charge is -2.26. The van der Waals surface area contributed by atoms with E-state index in [-0.39, 0.29) is 5.91 Å². The van der Waals surface area contributed by atoms with Gasteiger partial charge in [-0.2, -0.15) is 0 Å². The summed E-state index contributed by atoms with van der Waals surface area (Å²) < 4.78 is 11.1. The number of rotatable bonds is 9. The third kappa shape index (κ3) is 6.07. The first kappa shape index (κ1) is 20.4. The van der Waals surface area contributed by atoms with Crippen molar-refractivity contribution in [2.75, 3.05) is 13.7 Å². The van der Waals surface area contributed by atoms with Crippen molar-refractivity contribution in [2.24, 2.45) is 0 Å². The van der Waals surface area contributed by atoms with Gasteiger partial charge in [0.2, 0.25) is 0 Å². The van der Waals surface area contributed by atoms with Crippen LogP contribution in [0.15, 0.2) is 79.0 Å². The maximum Gasteiger partial charge on any atom is 0.263 e. The summed E-state index contributed by atoms with van der Waals surface area (Å²) >= 11 is 0. The van der Waals surface area contributed by atoms with Gasteiger partial charge >= 0.3 is 0 Å². The van der Waals surface area contributed by atoms with Crippen LogP contribution >= 0.6 is 0 Å². The second-order valence-corrected chi connectivity index (χ2v) is 6.76. The summed E-state index contributed by atoms with van der Waals surface area (Å²) in [4.78, 5) is 19.4. The molecule has 0 N–H and O–H groups in total. The van der Waals surface area contributed by atoms with Crippen molar-refractivity contribution in [2.45, 2.75) is 26.0 Å². The Balaban J connectivity index is 1.71. The summed E-state index contributed by atoms with van der Waals surface area (Å²) in [6, 6.07) is 23.1. The van der Waals surface area contributed by atoms with Crippen molar-refractivity contribution in [3.05, 3.63) is 90.3 Å². The van der Waals surface area contributed by atoms with Gasteiger partial charge in [0.1, 0.15) is 11.5 Å². The molecule has 1 aromatic heterocycles. The molecular weight excluding hydrogens is 364 g/mol. The van der Waals surface area contributed by atoms with E-state index in [0.29, 0.717) is 31.0 Å². The number of nitrogens with zero attached hydrogens (tertiary/aromatic N) is 2. The Morgan fingerprint density at radius 2 is 1.76 bits per heavy atom. The highest BCUT2D eigenvalue weighted by Gasteiger charge is 2.22. The number of pyridine rings is 1. The molecule has 150 valence electrons. The Morgan fingerprint density at radius 1 is 1.00 bits per heavy atom. The molecule has 5 heteroatoms. The van der Waals surface area contributed by atoms with E-state index < -0.39 is 6.10 Å². The molecule has 0 aliphatic rings. The Bertz CT molecular complexity index is 900. The number of carbonyl (C=O) groups excluding carboxylic acids is 1. The minimum Gasteiger partial charge on any atom is -0.497 e. The third-order valence-corrected chi connectivity index (χ3v) is 4.59. The second-order valence-electron chi connectivity index (χ2n) is 6.76. The van der Waals surface area contributed by atoms with Crippen LogP contribution in [0.2, 0.25) is 0 Å². The molecule has 29 heavy (non-hydrogen) atoms. The molecule has 0 saturated carbocycles. The molecular formula is C24H26N2O3. The molecule has 0 spiro atoms. The van der Waals surface area contributed by atoms with Crippen LogP contribution in [0.4, 0.5) is 0 Å². The molecule has 0 bridgehead atoms. The maximum atomic E-state index is 13.2. The number of carbonyl (C=O) groups is 1. The van der Waals surface area contributed by atoms with E-state index in [2.05, 4.69) is 4.98 Å². The number of aromatic nitrogens is 1. The summed E-state index contributed by atoms with van der Waals surface area (Å²) in [7, 11) is 1.60. The predicted molar refractivity (Wildman–Crippen MR) is 113 cm³/mol. The molecule has 2 aromatic carbocycles. The summed E-state index contributed by atoms with van der Waals surface area (Å²) in [5, 5.41) is 0. The van der Waals surface area contributed by atoms with E-state index in [1.54, 1.807) is 26.3 Å². The first-order valence-electron chi connectivity index (χ1n) is 9.69. The number of hydrogen-bond donors (Lipinski definition) is 0. The van der Waals surface area contributed by atoms with Crippen LogP contribution in [-0.4, -0.2) is 35.5 Å². The van der Waals surface area contributed by atoms with Crippen LogP contribution < -0.4 is 9.47 Å². The number of amides is 1. The largest absolute Gasteiger partial charge is 0.497 e. The molecule has 1 heterocycles. The first-order chi connectivity index (χ1) is 14.2. The van der Waals surface area contributed by atoms with Gasteiger partial charge in [-0.3, -0.25) is 9.78 Å². The molecule has 0 fully saturated rings. The van der Waals surface area contributed by atoms with E-state index in [1.165, 1.54) is 0 Å². The lowest BCUT2D eigenvalue weighted by Crippen LogP contribution is -2.41. The molecule has 1 unspecified atom stereocenters. The predicted octanol–water partition coefficient (Wildman–Crippen LogP) is 4.13. The third-order valence-electron chi connectivity index (χ3n) is 4.59. The van der Waals surface area contributed by atoms with E-state index in [1.807, 2.05) is 71.6 Å². The first-order valence-corrected chi connectivity index (χ1v) is 9.69. The van der Waals surface area contributed by atoms with E-state index in [9.17, 15) is 4.79 Å². The van der Waals surface area contributed by atoms with Gasteiger partial charge < -0.3 is 14.4 Å². The smallest absolute Gasteiger partial charge is 0.263 e. The average molecular weight is 390 g/mol. The summed E-state index contributed by atoms with van der Waals surface area (Å²) in [5.41, 5.74) is 2.04. The Labute approximate surface area is 171 Å². The van der Waals surface area contributed by atoms with Crippen molar-refractivity contribution < 1.29 is 14.3 Å². The minimum atomic E-state index is -0.616. The van der Waals surface area contributed by atoms with Crippen molar-refractivity contribution in [3.8, 4) is 11.5 Å². The lowest BCUT2D eigenvalue weighted by atomic mass is 10.1. The molecule has 0 aliphatic carbocycles. The molecule has 0 saturated heterocycles. The van der Waals surface area contributed by atoms with E-state index >= 15 is 0 Å². The van der Waals surface area contributed by atoms with Gasteiger partial charge in [0.25, 0.3) is 5.91 Å². The van der Waals surface area contributed by atoms with Crippen LogP contribution in [0.25, 0.3) is 0 Å². The van der Waals surface area contributed by atoms with Crippen molar-refractivity contribution in [3.63, 3.8) is 0 Å².